The molecule has 1 aliphatic heterocycles. The molecule has 1 atom stereocenters. The predicted octanol–water partition coefficient (Wildman–Crippen LogP) is 3.03. The molecule has 152 valence electrons. The zero-order valence-electron chi connectivity index (χ0n) is 16.1. The number of alkyl halides is 1. The van der Waals surface area contributed by atoms with Crippen LogP contribution in [0.1, 0.15) is 42.9 Å². The maximum absolute atomic E-state index is 13.7. The molecular formula is C19H24FN3O5. The van der Waals surface area contributed by atoms with Crippen LogP contribution in [-0.2, 0) is 10.4 Å². The number of hydrogen-bond acceptors (Lipinski definition) is 7. The highest BCUT2D eigenvalue weighted by molar-refractivity contribution is 5.84. The molecule has 0 spiro atoms. The third kappa shape index (κ3) is 6.73. The number of rotatable bonds is 5. The summed E-state index contributed by atoms with van der Waals surface area (Å²) in [6, 6.07) is 7.96. The van der Waals surface area contributed by atoms with Gasteiger partial charge in [-0.05, 0) is 38.8 Å². The van der Waals surface area contributed by atoms with Crippen molar-refractivity contribution >= 4 is 5.97 Å². The number of methoxy groups -OCH3 is 1. The number of ether oxygens (including phenoxy) is 3. The smallest absolute Gasteiger partial charge is 0.356 e. The lowest BCUT2D eigenvalue weighted by Gasteiger charge is -2.23. The molecule has 0 amide bonds. The highest BCUT2D eigenvalue weighted by atomic mass is 19.1. The second-order valence-electron chi connectivity index (χ2n) is 6.56. The van der Waals surface area contributed by atoms with Crippen molar-refractivity contribution in [2.24, 2.45) is 0 Å². The van der Waals surface area contributed by atoms with E-state index in [0.29, 0.717) is 24.1 Å². The van der Waals surface area contributed by atoms with Crippen LogP contribution < -0.4 is 9.47 Å². The molecule has 3 heterocycles. The Morgan fingerprint density at radius 3 is 2.57 bits per heavy atom. The van der Waals surface area contributed by atoms with Crippen LogP contribution in [0.2, 0.25) is 0 Å². The highest BCUT2D eigenvalue weighted by Crippen LogP contribution is 2.25. The highest BCUT2D eigenvalue weighted by Gasteiger charge is 2.22. The number of carbonyl (C=O) groups is 1. The minimum atomic E-state index is -1.44. The van der Waals surface area contributed by atoms with Crippen molar-refractivity contribution in [1.82, 2.24) is 15.2 Å². The van der Waals surface area contributed by atoms with E-state index in [9.17, 15) is 9.18 Å². The van der Waals surface area contributed by atoms with Gasteiger partial charge in [0.25, 0.3) is 0 Å². The van der Waals surface area contributed by atoms with Crippen molar-refractivity contribution in [3.8, 4) is 11.8 Å². The van der Waals surface area contributed by atoms with Crippen LogP contribution in [0.15, 0.2) is 30.3 Å². The van der Waals surface area contributed by atoms with E-state index in [1.807, 2.05) is 0 Å². The first-order valence-electron chi connectivity index (χ1n) is 8.81. The van der Waals surface area contributed by atoms with E-state index < -0.39 is 11.6 Å². The minimum Gasteiger partial charge on any atom is -0.480 e. The molecule has 1 unspecified atom stereocenters. The van der Waals surface area contributed by atoms with Crippen LogP contribution >= 0.6 is 0 Å². The van der Waals surface area contributed by atoms with Gasteiger partial charge in [0.2, 0.25) is 11.8 Å². The topological polar surface area (TPSA) is 104 Å². The molecule has 2 aromatic rings. The fraction of sp³-hybridized carbons (Fsp3) is 0.474. The average molecular weight is 393 g/mol. The van der Waals surface area contributed by atoms with Crippen LogP contribution in [0.4, 0.5) is 4.39 Å². The third-order valence-electron chi connectivity index (χ3n) is 3.81. The Hall–Kier alpha value is -2.81. The van der Waals surface area contributed by atoms with Crippen LogP contribution in [0.25, 0.3) is 0 Å². The predicted molar refractivity (Wildman–Crippen MR) is 98.4 cm³/mol. The van der Waals surface area contributed by atoms with E-state index in [-0.39, 0.29) is 11.8 Å². The number of carboxylic acid groups (broad SMARTS) is 1. The number of nitrogens with zero attached hydrogens (tertiary/aromatic N) is 3. The third-order valence-corrected chi connectivity index (χ3v) is 3.81. The SMILES string of the molecule is CC(C)(F)c1cccc(OC2CCCOC2)n1.COc1ccc(C(=O)O)nn1. The Kier molecular flexibility index (Phi) is 7.62. The van der Waals surface area contributed by atoms with Gasteiger partial charge in [0.05, 0.1) is 19.4 Å². The maximum atomic E-state index is 13.7. The summed E-state index contributed by atoms with van der Waals surface area (Å²) in [5, 5.41) is 15.2. The van der Waals surface area contributed by atoms with E-state index in [1.165, 1.54) is 33.1 Å². The van der Waals surface area contributed by atoms with Crippen molar-refractivity contribution in [3.63, 3.8) is 0 Å². The monoisotopic (exact) mass is 393 g/mol. The van der Waals surface area contributed by atoms with Gasteiger partial charge >= 0.3 is 5.97 Å². The van der Waals surface area contributed by atoms with Gasteiger partial charge in [-0.2, -0.15) is 0 Å². The van der Waals surface area contributed by atoms with Gasteiger partial charge in [0.1, 0.15) is 11.8 Å². The first-order valence-corrected chi connectivity index (χ1v) is 8.81. The molecule has 28 heavy (non-hydrogen) atoms. The molecule has 1 aliphatic rings. The molecule has 1 saturated heterocycles. The fourth-order valence-electron chi connectivity index (χ4n) is 2.33. The summed E-state index contributed by atoms with van der Waals surface area (Å²) in [7, 11) is 1.43. The van der Waals surface area contributed by atoms with Crippen molar-refractivity contribution < 1.29 is 28.5 Å². The molecule has 3 rings (SSSR count). The molecule has 0 aromatic carbocycles. The molecule has 1 N–H and O–H groups in total. The Morgan fingerprint density at radius 2 is 2.04 bits per heavy atom. The summed E-state index contributed by atoms with van der Waals surface area (Å²) in [4.78, 5) is 14.4. The van der Waals surface area contributed by atoms with E-state index in [2.05, 4.69) is 19.9 Å². The Bertz CT molecular complexity index is 759. The molecule has 8 nitrogen and oxygen atoms in total. The molecule has 1 fully saturated rings. The molecule has 9 heteroatoms. The van der Waals surface area contributed by atoms with Crippen LogP contribution in [0, 0.1) is 0 Å². The van der Waals surface area contributed by atoms with Gasteiger partial charge in [-0.25, -0.2) is 14.2 Å². The normalized spacial score (nSPS) is 16.5. The van der Waals surface area contributed by atoms with Gasteiger partial charge in [-0.3, -0.25) is 0 Å². The van der Waals surface area contributed by atoms with E-state index in [1.54, 1.807) is 18.2 Å². The van der Waals surface area contributed by atoms with Gasteiger partial charge in [-0.15, -0.1) is 10.2 Å². The summed E-state index contributed by atoms with van der Waals surface area (Å²) in [5.74, 6) is -0.320. The van der Waals surface area contributed by atoms with Gasteiger partial charge < -0.3 is 19.3 Å². The number of carboxylic acids is 1. The molecule has 0 radical (unpaired) electrons. The lowest BCUT2D eigenvalue weighted by Crippen LogP contribution is -2.28. The molecule has 0 aliphatic carbocycles. The number of pyridine rings is 1. The summed E-state index contributed by atoms with van der Waals surface area (Å²) in [5.41, 5.74) is -1.14. The Labute approximate surface area is 162 Å². The molecule has 0 bridgehead atoms. The van der Waals surface area contributed by atoms with Crippen molar-refractivity contribution in [2.75, 3.05) is 20.3 Å². The summed E-state index contributed by atoms with van der Waals surface area (Å²) in [6.45, 7) is 4.36. The number of aromatic nitrogens is 3. The van der Waals surface area contributed by atoms with E-state index in [0.717, 1.165) is 19.4 Å². The van der Waals surface area contributed by atoms with Crippen molar-refractivity contribution in [2.45, 2.75) is 38.5 Å². The van der Waals surface area contributed by atoms with Crippen LogP contribution in [0.5, 0.6) is 11.8 Å². The van der Waals surface area contributed by atoms with Crippen LogP contribution in [-0.4, -0.2) is 52.7 Å². The molecule has 0 saturated carbocycles. The Balaban J connectivity index is 0.000000221. The van der Waals surface area contributed by atoms with Crippen molar-refractivity contribution in [3.05, 3.63) is 41.7 Å². The summed E-state index contributed by atoms with van der Waals surface area (Å²) >= 11 is 0. The average Bonchev–Trinajstić information content (AvgIpc) is 2.69. The standard InChI is InChI=1S/C13H18FNO2.C6H6N2O3/c1-13(2,14)11-6-3-7-12(15-11)17-10-5-4-8-16-9-10;1-11-5-3-2-4(6(9)10)7-8-5/h3,6-7,10H,4-5,8-9H2,1-2H3;2-3H,1H3,(H,9,10). The number of aromatic carboxylic acids is 1. The zero-order chi connectivity index (χ0) is 20.6. The van der Waals surface area contributed by atoms with Crippen LogP contribution in [0.3, 0.4) is 0 Å². The number of halogens is 1. The molecular weight excluding hydrogens is 369 g/mol. The summed E-state index contributed by atoms with van der Waals surface area (Å²) in [6.07, 6.45) is 2.00. The van der Waals surface area contributed by atoms with Gasteiger partial charge in [-0.1, -0.05) is 6.07 Å². The maximum Gasteiger partial charge on any atom is 0.356 e. The minimum absolute atomic E-state index is 0.0363. The van der Waals surface area contributed by atoms with E-state index >= 15 is 0 Å². The zero-order valence-corrected chi connectivity index (χ0v) is 16.1. The lowest BCUT2D eigenvalue weighted by atomic mass is 10.1. The second kappa shape index (κ2) is 9.93. The number of hydrogen-bond donors (Lipinski definition) is 1. The quantitative estimate of drug-likeness (QED) is 0.827. The Morgan fingerprint density at radius 1 is 1.25 bits per heavy atom. The fourth-order valence-corrected chi connectivity index (χ4v) is 2.33. The summed E-state index contributed by atoms with van der Waals surface area (Å²) < 4.78 is 29.4. The first kappa shape index (κ1) is 21.5. The van der Waals surface area contributed by atoms with E-state index in [4.69, 9.17) is 14.6 Å². The lowest BCUT2D eigenvalue weighted by molar-refractivity contribution is 0.00518. The second-order valence-corrected chi connectivity index (χ2v) is 6.56. The largest absolute Gasteiger partial charge is 0.480 e. The van der Waals surface area contributed by atoms with Gasteiger partial charge in [0, 0.05) is 18.7 Å². The van der Waals surface area contributed by atoms with Gasteiger partial charge in [0.15, 0.2) is 5.69 Å². The first-order chi connectivity index (χ1) is 13.3. The van der Waals surface area contributed by atoms with Crippen molar-refractivity contribution in [1.29, 1.82) is 0 Å². The molecule has 2 aromatic heterocycles.